The van der Waals surface area contributed by atoms with Crippen molar-refractivity contribution in [1.82, 2.24) is 0 Å². The van der Waals surface area contributed by atoms with Gasteiger partial charge in [-0.2, -0.15) is 5.26 Å². The summed E-state index contributed by atoms with van der Waals surface area (Å²) in [4.78, 5) is 10.6. The molecule has 0 amide bonds. The van der Waals surface area contributed by atoms with Crippen LogP contribution in [-0.2, 0) is 4.79 Å². The predicted octanol–water partition coefficient (Wildman–Crippen LogP) is 5.19. The molecule has 0 saturated heterocycles. The lowest BCUT2D eigenvalue weighted by Crippen LogP contribution is -2.11. The second kappa shape index (κ2) is 8.82. The molecule has 2 aromatic rings. The SMILES string of the molecule is N#C/C(=C/c1cc(I)c(OCC(=O)O)c(I)c1)c1ccc(Br)cc1. The lowest BCUT2D eigenvalue weighted by Gasteiger charge is -2.10. The van der Waals surface area contributed by atoms with E-state index in [1.54, 1.807) is 6.08 Å². The van der Waals surface area contributed by atoms with E-state index in [0.717, 1.165) is 22.7 Å². The fourth-order valence-electron chi connectivity index (χ4n) is 1.91. The van der Waals surface area contributed by atoms with E-state index in [1.807, 2.05) is 36.4 Å². The molecule has 0 radical (unpaired) electrons. The van der Waals surface area contributed by atoms with E-state index in [0.29, 0.717) is 11.3 Å². The highest BCUT2D eigenvalue weighted by molar-refractivity contribution is 14.1. The Hall–Kier alpha value is -1.12. The minimum absolute atomic E-state index is 0.385. The molecule has 24 heavy (non-hydrogen) atoms. The molecular formula is C17H10BrI2NO3. The number of halogens is 3. The molecule has 122 valence electrons. The van der Waals surface area contributed by atoms with Crippen molar-refractivity contribution in [3.05, 3.63) is 59.1 Å². The van der Waals surface area contributed by atoms with Gasteiger partial charge in [0.25, 0.3) is 0 Å². The van der Waals surface area contributed by atoms with Crippen LogP contribution in [0.25, 0.3) is 11.6 Å². The summed E-state index contributed by atoms with van der Waals surface area (Å²) < 4.78 is 7.84. The van der Waals surface area contributed by atoms with Crippen LogP contribution in [0.15, 0.2) is 40.9 Å². The highest BCUT2D eigenvalue weighted by Gasteiger charge is 2.11. The molecule has 0 spiro atoms. The van der Waals surface area contributed by atoms with Gasteiger partial charge in [0.15, 0.2) is 6.61 Å². The Balaban J connectivity index is 2.36. The number of carbonyl (C=O) groups is 1. The van der Waals surface area contributed by atoms with E-state index >= 15 is 0 Å². The van der Waals surface area contributed by atoms with E-state index in [2.05, 4.69) is 67.2 Å². The van der Waals surface area contributed by atoms with Gasteiger partial charge in [-0.3, -0.25) is 0 Å². The van der Waals surface area contributed by atoms with E-state index in [4.69, 9.17) is 9.84 Å². The number of nitrogens with zero attached hydrogens (tertiary/aromatic N) is 1. The Morgan fingerprint density at radius 1 is 1.25 bits per heavy atom. The summed E-state index contributed by atoms with van der Waals surface area (Å²) in [6.45, 7) is -0.385. The minimum Gasteiger partial charge on any atom is -0.480 e. The summed E-state index contributed by atoms with van der Waals surface area (Å²) in [6.07, 6.45) is 1.80. The van der Waals surface area contributed by atoms with Gasteiger partial charge in [-0.05, 0) is 86.7 Å². The molecule has 0 unspecified atom stereocenters. The van der Waals surface area contributed by atoms with E-state index in [9.17, 15) is 10.1 Å². The number of carboxylic acid groups (broad SMARTS) is 1. The first-order chi connectivity index (χ1) is 11.4. The maximum absolute atomic E-state index is 10.6. The largest absolute Gasteiger partial charge is 0.480 e. The van der Waals surface area contributed by atoms with Crippen molar-refractivity contribution in [2.45, 2.75) is 0 Å². The smallest absolute Gasteiger partial charge is 0.341 e. The quantitative estimate of drug-likeness (QED) is 0.288. The molecule has 1 N–H and O–H groups in total. The van der Waals surface area contributed by atoms with Crippen LogP contribution in [0.3, 0.4) is 0 Å². The molecule has 2 rings (SSSR count). The van der Waals surface area contributed by atoms with Gasteiger partial charge >= 0.3 is 5.97 Å². The minimum atomic E-state index is -1.02. The third-order valence-corrected chi connectivity index (χ3v) is 5.08. The Kier molecular flexibility index (Phi) is 7.06. The molecule has 4 nitrogen and oxygen atoms in total. The number of rotatable bonds is 5. The number of nitriles is 1. The van der Waals surface area contributed by atoms with Gasteiger partial charge in [0.05, 0.1) is 18.8 Å². The van der Waals surface area contributed by atoms with Gasteiger partial charge < -0.3 is 9.84 Å². The van der Waals surface area contributed by atoms with Crippen LogP contribution < -0.4 is 4.74 Å². The molecule has 0 aromatic heterocycles. The van der Waals surface area contributed by atoms with E-state index in [-0.39, 0.29) is 6.61 Å². The zero-order chi connectivity index (χ0) is 17.7. The number of aliphatic carboxylic acids is 1. The Labute approximate surface area is 174 Å². The van der Waals surface area contributed by atoms with Gasteiger partial charge in [-0.1, -0.05) is 28.1 Å². The van der Waals surface area contributed by atoms with Crippen molar-refractivity contribution in [3.8, 4) is 11.8 Å². The van der Waals surface area contributed by atoms with Gasteiger partial charge in [0.2, 0.25) is 0 Å². The van der Waals surface area contributed by atoms with Crippen LogP contribution in [0.5, 0.6) is 5.75 Å². The van der Waals surface area contributed by atoms with Gasteiger partial charge in [0.1, 0.15) is 5.75 Å². The fourth-order valence-corrected chi connectivity index (χ4v) is 4.30. The molecule has 0 heterocycles. The van der Waals surface area contributed by atoms with Crippen LogP contribution in [0.4, 0.5) is 0 Å². The summed E-state index contributed by atoms with van der Waals surface area (Å²) in [5, 5.41) is 18.2. The first-order valence-corrected chi connectivity index (χ1v) is 9.57. The second-order valence-corrected chi connectivity index (χ2v) is 7.91. The number of allylic oxidation sites excluding steroid dienone is 1. The average molecular weight is 610 g/mol. The zero-order valence-electron chi connectivity index (χ0n) is 12.1. The second-order valence-electron chi connectivity index (χ2n) is 4.67. The number of ether oxygens (including phenoxy) is 1. The molecule has 0 fully saturated rings. The third-order valence-electron chi connectivity index (χ3n) is 2.95. The van der Waals surface area contributed by atoms with Crippen LogP contribution >= 0.6 is 61.1 Å². The molecule has 7 heteroatoms. The highest BCUT2D eigenvalue weighted by atomic mass is 127. The van der Waals surface area contributed by atoms with Crippen molar-refractivity contribution in [3.63, 3.8) is 0 Å². The average Bonchev–Trinajstić information content (AvgIpc) is 2.52. The molecule has 0 aliphatic rings. The topological polar surface area (TPSA) is 70.3 Å². The third kappa shape index (κ3) is 5.19. The molecule has 0 saturated carbocycles. The summed E-state index contributed by atoms with van der Waals surface area (Å²) in [6, 6.07) is 13.4. The maximum Gasteiger partial charge on any atom is 0.341 e. The van der Waals surface area contributed by atoms with Gasteiger partial charge in [-0.25, -0.2) is 4.79 Å². The van der Waals surface area contributed by atoms with E-state index in [1.165, 1.54) is 0 Å². The summed E-state index contributed by atoms with van der Waals surface area (Å²) in [7, 11) is 0. The normalized spacial score (nSPS) is 11.0. The zero-order valence-corrected chi connectivity index (χ0v) is 18.0. The standard InChI is InChI=1S/C17H10BrI2NO3/c18-13-3-1-11(2-4-13)12(8-21)5-10-6-14(19)17(15(20)7-10)24-9-16(22)23/h1-7H,9H2,(H,22,23)/b12-5-. The van der Waals surface area contributed by atoms with Crippen LogP contribution in [-0.4, -0.2) is 17.7 Å². The van der Waals surface area contributed by atoms with Crippen molar-refractivity contribution in [2.75, 3.05) is 6.61 Å². The highest BCUT2D eigenvalue weighted by Crippen LogP contribution is 2.30. The molecule has 0 bridgehead atoms. The lowest BCUT2D eigenvalue weighted by atomic mass is 10.0. The number of benzene rings is 2. The lowest BCUT2D eigenvalue weighted by molar-refractivity contribution is -0.139. The molecule has 0 aliphatic carbocycles. The van der Waals surface area contributed by atoms with Gasteiger partial charge in [-0.15, -0.1) is 0 Å². The molecule has 0 aliphatic heterocycles. The Morgan fingerprint density at radius 2 is 1.83 bits per heavy atom. The first kappa shape index (κ1) is 19.2. The summed E-state index contributed by atoms with van der Waals surface area (Å²) in [5.41, 5.74) is 2.23. The fraction of sp³-hybridized carbons (Fsp3) is 0.0588. The maximum atomic E-state index is 10.6. The monoisotopic (exact) mass is 609 g/mol. The van der Waals surface area contributed by atoms with Crippen LogP contribution in [0, 0.1) is 18.5 Å². The Morgan fingerprint density at radius 3 is 2.33 bits per heavy atom. The molecule has 2 aromatic carbocycles. The van der Waals surface area contributed by atoms with Gasteiger partial charge in [0, 0.05) is 4.47 Å². The first-order valence-electron chi connectivity index (χ1n) is 6.62. The summed E-state index contributed by atoms with van der Waals surface area (Å²) in [5.74, 6) is -0.481. The van der Waals surface area contributed by atoms with E-state index < -0.39 is 5.97 Å². The Bertz CT molecular complexity index is 819. The number of carboxylic acids is 1. The van der Waals surface area contributed by atoms with Crippen LogP contribution in [0.1, 0.15) is 11.1 Å². The van der Waals surface area contributed by atoms with Crippen molar-refractivity contribution in [1.29, 1.82) is 5.26 Å². The number of hydrogen-bond donors (Lipinski definition) is 1. The van der Waals surface area contributed by atoms with Crippen molar-refractivity contribution < 1.29 is 14.6 Å². The van der Waals surface area contributed by atoms with Crippen LogP contribution in [0.2, 0.25) is 0 Å². The molecular weight excluding hydrogens is 600 g/mol. The predicted molar refractivity (Wildman–Crippen MR) is 113 cm³/mol. The number of hydrogen-bond acceptors (Lipinski definition) is 3. The molecule has 0 atom stereocenters. The van der Waals surface area contributed by atoms with Crippen molar-refractivity contribution in [2.24, 2.45) is 0 Å². The van der Waals surface area contributed by atoms with Crippen molar-refractivity contribution >= 4 is 78.7 Å². The summed E-state index contributed by atoms with van der Waals surface area (Å²) >= 11 is 7.57.